The second kappa shape index (κ2) is 6.77. The Morgan fingerprint density at radius 1 is 1.18 bits per heavy atom. The number of hydrogen-bond acceptors (Lipinski definition) is 2. The molecule has 1 aromatic carbocycles. The summed E-state index contributed by atoms with van der Waals surface area (Å²) in [7, 11) is 0. The van der Waals surface area contributed by atoms with Crippen LogP contribution in [0.3, 0.4) is 0 Å². The predicted octanol–water partition coefficient (Wildman–Crippen LogP) is 3.54. The van der Waals surface area contributed by atoms with Gasteiger partial charge in [-0.15, -0.1) is 0 Å². The molecule has 0 saturated carbocycles. The average Bonchev–Trinajstić information content (AvgIpc) is 2.29. The van der Waals surface area contributed by atoms with E-state index in [9.17, 15) is 0 Å². The smallest absolute Gasteiger partial charge is 0.0668 e. The van der Waals surface area contributed by atoms with Gasteiger partial charge >= 0.3 is 0 Å². The molecule has 0 spiro atoms. The molecule has 1 aromatic rings. The first-order valence-electron chi connectivity index (χ1n) is 6.45. The minimum absolute atomic E-state index is 0.0824. The lowest BCUT2D eigenvalue weighted by atomic mass is 10.1. The van der Waals surface area contributed by atoms with Crippen LogP contribution in [0.2, 0.25) is 0 Å². The van der Waals surface area contributed by atoms with Crippen molar-refractivity contribution in [3.63, 3.8) is 0 Å². The number of ether oxygens (including phenoxy) is 1. The van der Waals surface area contributed by atoms with E-state index >= 15 is 0 Å². The molecule has 0 saturated heterocycles. The lowest BCUT2D eigenvalue weighted by Gasteiger charge is -2.25. The van der Waals surface area contributed by atoms with Crippen molar-refractivity contribution in [1.82, 2.24) is 5.32 Å². The molecule has 96 valence electrons. The number of nitrogens with one attached hydrogen (secondary N) is 1. The number of benzene rings is 1. The lowest BCUT2D eigenvalue weighted by Crippen LogP contribution is -2.30. The van der Waals surface area contributed by atoms with Crippen LogP contribution in [0.1, 0.15) is 45.7 Å². The quantitative estimate of drug-likeness (QED) is 0.814. The molecule has 0 amide bonds. The highest BCUT2D eigenvalue weighted by molar-refractivity contribution is 5.18. The molecule has 1 atom stereocenters. The van der Waals surface area contributed by atoms with Crippen molar-refractivity contribution in [2.45, 2.75) is 45.8 Å². The van der Waals surface area contributed by atoms with Crippen LogP contribution in [0, 0.1) is 0 Å². The SMILES string of the molecule is CCCNC(COC(C)(C)C)c1ccccc1. The highest BCUT2D eigenvalue weighted by Crippen LogP contribution is 2.16. The highest BCUT2D eigenvalue weighted by atomic mass is 16.5. The van der Waals surface area contributed by atoms with Crippen LogP contribution >= 0.6 is 0 Å². The van der Waals surface area contributed by atoms with Crippen molar-refractivity contribution in [1.29, 1.82) is 0 Å². The Morgan fingerprint density at radius 2 is 1.82 bits per heavy atom. The Balaban J connectivity index is 2.61. The van der Waals surface area contributed by atoms with Gasteiger partial charge in [0.1, 0.15) is 0 Å². The summed E-state index contributed by atoms with van der Waals surface area (Å²) >= 11 is 0. The first-order valence-corrected chi connectivity index (χ1v) is 6.45. The third-order valence-corrected chi connectivity index (χ3v) is 2.53. The monoisotopic (exact) mass is 235 g/mol. The second-order valence-electron chi connectivity index (χ2n) is 5.34. The first-order chi connectivity index (χ1) is 8.03. The van der Waals surface area contributed by atoms with Gasteiger partial charge < -0.3 is 10.1 Å². The summed E-state index contributed by atoms with van der Waals surface area (Å²) in [5, 5.41) is 3.53. The van der Waals surface area contributed by atoms with Gasteiger partial charge in [0, 0.05) is 0 Å². The third kappa shape index (κ3) is 5.85. The van der Waals surface area contributed by atoms with Gasteiger partial charge in [-0.1, -0.05) is 37.3 Å². The summed E-state index contributed by atoms with van der Waals surface area (Å²) in [6.07, 6.45) is 1.14. The third-order valence-electron chi connectivity index (χ3n) is 2.53. The Bertz CT molecular complexity index is 302. The normalized spacial score (nSPS) is 13.6. The molecule has 2 nitrogen and oxygen atoms in total. The van der Waals surface area contributed by atoms with Gasteiger partial charge in [-0.25, -0.2) is 0 Å². The van der Waals surface area contributed by atoms with Gasteiger partial charge in [-0.3, -0.25) is 0 Å². The fourth-order valence-corrected chi connectivity index (χ4v) is 1.61. The molecule has 0 bridgehead atoms. The maximum Gasteiger partial charge on any atom is 0.0668 e. The van der Waals surface area contributed by atoms with Crippen LogP contribution in [0.25, 0.3) is 0 Å². The van der Waals surface area contributed by atoms with Gasteiger partial charge in [0.05, 0.1) is 18.2 Å². The van der Waals surface area contributed by atoms with Crippen LogP contribution in [-0.4, -0.2) is 18.8 Å². The van der Waals surface area contributed by atoms with Gasteiger partial charge in [0.25, 0.3) is 0 Å². The molecular weight excluding hydrogens is 210 g/mol. The molecule has 1 N–H and O–H groups in total. The first kappa shape index (κ1) is 14.2. The van der Waals surface area contributed by atoms with Crippen LogP contribution in [0.5, 0.6) is 0 Å². The summed E-state index contributed by atoms with van der Waals surface area (Å²) in [5.41, 5.74) is 1.21. The zero-order chi connectivity index (χ0) is 12.7. The van der Waals surface area contributed by atoms with E-state index in [-0.39, 0.29) is 11.6 Å². The van der Waals surface area contributed by atoms with Crippen molar-refractivity contribution >= 4 is 0 Å². The van der Waals surface area contributed by atoms with E-state index in [1.165, 1.54) is 5.56 Å². The second-order valence-corrected chi connectivity index (χ2v) is 5.34. The van der Waals surface area contributed by atoms with E-state index in [0.717, 1.165) is 13.0 Å². The summed E-state index contributed by atoms with van der Waals surface area (Å²) in [6.45, 7) is 10.2. The zero-order valence-corrected chi connectivity index (χ0v) is 11.5. The van der Waals surface area contributed by atoms with Gasteiger partial charge in [0.15, 0.2) is 0 Å². The van der Waals surface area contributed by atoms with E-state index < -0.39 is 0 Å². The van der Waals surface area contributed by atoms with Gasteiger partial charge in [-0.05, 0) is 39.3 Å². The standard InChI is InChI=1S/C15H25NO/c1-5-11-16-14(12-17-15(2,3)4)13-9-7-6-8-10-13/h6-10,14,16H,5,11-12H2,1-4H3. The van der Waals surface area contributed by atoms with Gasteiger partial charge in [-0.2, -0.15) is 0 Å². The van der Waals surface area contributed by atoms with Crippen LogP contribution in [0.4, 0.5) is 0 Å². The van der Waals surface area contributed by atoms with Crippen molar-refractivity contribution < 1.29 is 4.74 Å². The Morgan fingerprint density at radius 3 is 2.35 bits per heavy atom. The Labute approximate surface area is 105 Å². The summed E-state index contributed by atoms with van der Waals surface area (Å²) in [5.74, 6) is 0. The molecule has 0 aliphatic heterocycles. The Kier molecular flexibility index (Phi) is 5.66. The largest absolute Gasteiger partial charge is 0.374 e. The van der Waals surface area contributed by atoms with E-state index in [1.54, 1.807) is 0 Å². The maximum atomic E-state index is 5.88. The lowest BCUT2D eigenvalue weighted by molar-refractivity contribution is -0.0147. The maximum absolute atomic E-state index is 5.88. The van der Waals surface area contributed by atoms with Crippen LogP contribution in [-0.2, 0) is 4.74 Å². The molecule has 0 aromatic heterocycles. The topological polar surface area (TPSA) is 21.3 Å². The van der Waals surface area contributed by atoms with Crippen molar-refractivity contribution in [2.75, 3.05) is 13.2 Å². The van der Waals surface area contributed by atoms with Gasteiger partial charge in [0.2, 0.25) is 0 Å². The fourth-order valence-electron chi connectivity index (χ4n) is 1.61. The van der Waals surface area contributed by atoms with E-state index in [2.05, 4.69) is 57.3 Å². The summed E-state index contributed by atoms with van der Waals surface area (Å²) in [6, 6.07) is 10.8. The molecule has 17 heavy (non-hydrogen) atoms. The molecule has 1 rings (SSSR count). The predicted molar refractivity (Wildman–Crippen MR) is 73.2 cm³/mol. The highest BCUT2D eigenvalue weighted by Gasteiger charge is 2.16. The molecule has 2 heteroatoms. The van der Waals surface area contributed by atoms with Crippen LogP contribution < -0.4 is 5.32 Å². The average molecular weight is 235 g/mol. The molecule has 0 aliphatic carbocycles. The molecule has 0 fully saturated rings. The van der Waals surface area contributed by atoms with Crippen molar-refractivity contribution in [3.05, 3.63) is 35.9 Å². The number of hydrogen-bond donors (Lipinski definition) is 1. The van der Waals surface area contributed by atoms with E-state index in [4.69, 9.17) is 4.74 Å². The molecular formula is C15H25NO. The minimum Gasteiger partial charge on any atom is -0.374 e. The fraction of sp³-hybridized carbons (Fsp3) is 0.600. The zero-order valence-electron chi connectivity index (χ0n) is 11.5. The molecule has 0 radical (unpaired) electrons. The summed E-state index contributed by atoms with van der Waals surface area (Å²) in [4.78, 5) is 0. The summed E-state index contributed by atoms with van der Waals surface area (Å²) < 4.78 is 5.88. The van der Waals surface area contributed by atoms with E-state index in [1.807, 2.05) is 6.07 Å². The van der Waals surface area contributed by atoms with Crippen molar-refractivity contribution in [3.8, 4) is 0 Å². The van der Waals surface area contributed by atoms with Crippen molar-refractivity contribution in [2.24, 2.45) is 0 Å². The minimum atomic E-state index is -0.0824. The van der Waals surface area contributed by atoms with Crippen LogP contribution in [0.15, 0.2) is 30.3 Å². The molecule has 1 unspecified atom stereocenters. The number of rotatable bonds is 6. The Hall–Kier alpha value is -0.860. The molecule has 0 heterocycles. The van der Waals surface area contributed by atoms with E-state index in [0.29, 0.717) is 6.61 Å². The molecule has 0 aliphatic rings.